The fourth-order valence-electron chi connectivity index (χ4n) is 5.20. The molecule has 0 spiro atoms. The number of nitrogens with zero attached hydrogens (tertiary/aromatic N) is 2. The number of hydrogen-bond acceptors (Lipinski definition) is 7. The van der Waals surface area contributed by atoms with Crippen LogP contribution in [0.5, 0.6) is 17.2 Å². The molecule has 2 aromatic carbocycles. The first-order valence-corrected chi connectivity index (χ1v) is 13.6. The Morgan fingerprint density at radius 2 is 1.83 bits per heavy atom. The average Bonchev–Trinajstić information content (AvgIpc) is 3.50. The van der Waals surface area contributed by atoms with Gasteiger partial charge in [-0.2, -0.15) is 0 Å². The molecule has 214 valence electrons. The van der Waals surface area contributed by atoms with Crippen molar-refractivity contribution in [3.63, 3.8) is 0 Å². The van der Waals surface area contributed by atoms with E-state index in [9.17, 15) is 9.59 Å². The van der Waals surface area contributed by atoms with Crippen LogP contribution in [0.15, 0.2) is 53.3 Å². The number of nitrogens with one attached hydrogen (secondary N) is 1. The highest BCUT2D eigenvalue weighted by molar-refractivity contribution is 5.94. The number of ether oxygens (including phenoxy) is 4. The predicted molar refractivity (Wildman–Crippen MR) is 157 cm³/mol. The van der Waals surface area contributed by atoms with Crippen molar-refractivity contribution in [1.82, 2.24) is 14.9 Å². The van der Waals surface area contributed by atoms with E-state index in [1.165, 1.54) is 0 Å². The van der Waals surface area contributed by atoms with Crippen LogP contribution in [0, 0.1) is 13.8 Å². The summed E-state index contributed by atoms with van der Waals surface area (Å²) in [6, 6.07) is 15.0. The highest BCUT2D eigenvalue weighted by Gasteiger charge is 2.27. The van der Waals surface area contributed by atoms with Crippen molar-refractivity contribution in [3.05, 3.63) is 81.3 Å². The summed E-state index contributed by atoms with van der Waals surface area (Å²) in [7, 11) is 4.80. The number of H-pyrrole nitrogens is 1. The fourth-order valence-corrected chi connectivity index (χ4v) is 5.20. The van der Waals surface area contributed by atoms with Crippen LogP contribution in [-0.2, 0) is 11.3 Å². The number of benzene rings is 2. The summed E-state index contributed by atoms with van der Waals surface area (Å²) in [6.07, 6.45) is 1.68. The molecule has 0 unspecified atom stereocenters. The van der Waals surface area contributed by atoms with Crippen molar-refractivity contribution < 1.29 is 23.7 Å². The lowest BCUT2D eigenvalue weighted by atomic mass is 10.0. The Morgan fingerprint density at radius 3 is 2.54 bits per heavy atom. The van der Waals surface area contributed by atoms with Gasteiger partial charge in [-0.25, -0.2) is 4.98 Å². The highest BCUT2D eigenvalue weighted by atomic mass is 16.5. The Hall–Kier alpha value is -4.37. The number of carbonyl (C=O) groups is 1. The topological polar surface area (TPSA) is 103 Å². The van der Waals surface area contributed by atoms with Crippen LogP contribution in [0.2, 0.25) is 0 Å². The van der Waals surface area contributed by atoms with Crippen LogP contribution in [0.4, 0.5) is 0 Å². The van der Waals surface area contributed by atoms with E-state index < -0.39 is 5.56 Å². The third-order valence-corrected chi connectivity index (χ3v) is 7.57. The molecule has 5 rings (SSSR count). The number of hydrogen-bond donors (Lipinski definition) is 1. The second-order valence-corrected chi connectivity index (χ2v) is 10.3. The molecular weight excluding hydrogens is 522 g/mol. The normalized spacial score (nSPS) is 14.7. The lowest BCUT2D eigenvalue weighted by molar-refractivity contribution is 0.0506. The number of fused-ring (bicyclic) bond motifs is 1. The second-order valence-electron chi connectivity index (χ2n) is 10.3. The molecule has 0 radical (unpaired) electrons. The van der Waals surface area contributed by atoms with Gasteiger partial charge in [-0.05, 0) is 68.1 Å². The molecule has 0 aliphatic carbocycles. The minimum atomic E-state index is -0.406. The van der Waals surface area contributed by atoms with Crippen molar-refractivity contribution >= 4 is 16.8 Å². The maximum atomic E-state index is 14.0. The number of aryl methyl sites for hydroxylation is 2. The number of pyridine rings is 2. The van der Waals surface area contributed by atoms with Gasteiger partial charge in [0.25, 0.3) is 11.5 Å². The zero-order valence-electron chi connectivity index (χ0n) is 24.1. The van der Waals surface area contributed by atoms with E-state index >= 15 is 0 Å². The smallest absolute Gasteiger partial charge is 0.261 e. The zero-order chi connectivity index (χ0) is 29.1. The van der Waals surface area contributed by atoms with Gasteiger partial charge in [0.2, 0.25) is 0 Å². The molecule has 1 N–H and O–H groups in total. The molecule has 4 aromatic rings. The summed E-state index contributed by atoms with van der Waals surface area (Å²) < 4.78 is 22.5. The predicted octanol–water partition coefficient (Wildman–Crippen LogP) is 5.05. The Bertz CT molecular complexity index is 1640. The number of methoxy groups -OCH3 is 3. The van der Waals surface area contributed by atoms with Gasteiger partial charge >= 0.3 is 0 Å². The summed E-state index contributed by atoms with van der Waals surface area (Å²) >= 11 is 0. The monoisotopic (exact) mass is 557 g/mol. The molecular formula is C32H35N3O6. The van der Waals surface area contributed by atoms with Gasteiger partial charge in [0.1, 0.15) is 11.3 Å². The van der Waals surface area contributed by atoms with E-state index in [-0.39, 0.29) is 24.1 Å². The molecule has 1 amide bonds. The molecule has 9 nitrogen and oxygen atoms in total. The van der Waals surface area contributed by atoms with E-state index in [4.69, 9.17) is 23.9 Å². The number of aromatic nitrogens is 2. The van der Waals surface area contributed by atoms with E-state index in [2.05, 4.69) is 4.98 Å². The summed E-state index contributed by atoms with van der Waals surface area (Å²) in [5.74, 6) is 1.49. The first-order chi connectivity index (χ1) is 19.8. The van der Waals surface area contributed by atoms with Crippen LogP contribution in [0.3, 0.4) is 0 Å². The van der Waals surface area contributed by atoms with E-state index in [1.54, 1.807) is 32.3 Å². The van der Waals surface area contributed by atoms with Crippen molar-refractivity contribution in [3.8, 4) is 28.5 Å². The Labute approximate surface area is 239 Å². The molecule has 3 heterocycles. The summed E-state index contributed by atoms with van der Waals surface area (Å²) in [5, 5.41) is 0.831. The molecule has 0 saturated carbocycles. The van der Waals surface area contributed by atoms with Crippen molar-refractivity contribution in [2.45, 2.75) is 39.3 Å². The Kier molecular flexibility index (Phi) is 8.26. The Morgan fingerprint density at radius 1 is 1.05 bits per heavy atom. The summed E-state index contributed by atoms with van der Waals surface area (Å²) in [5.41, 5.74) is 4.34. The molecule has 41 heavy (non-hydrogen) atoms. The van der Waals surface area contributed by atoms with Gasteiger partial charge in [-0.3, -0.25) is 9.59 Å². The van der Waals surface area contributed by atoms with Crippen LogP contribution >= 0.6 is 0 Å². The first-order valence-electron chi connectivity index (χ1n) is 13.6. The van der Waals surface area contributed by atoms with Crippen LogP contribution in [0.1, 0.15) is 40.0 Å². The van der Waals surface area contributed by atoms with Gasteiger partial charge in [-0.1, -0.05) is 12.1 Å². The number of aromatic amines is 1. The lowest BCUT2D eigenvalue weighted by Crippen LogP contribution is -2.39. The van der Waals surface area contributed by atoms with Crippen LogP contribution in [0.25, 0.3) is 22.2 Å². The maximum Gasteiger partial charge on any atom is 0.261 e. The minimum absolute atomic E-state index is 0.106. The average molecular weight is 558 g/mol. The molecule has 9 heteroatoms. The quantitative estimate of drug-likeness (QED) is 0.307. The van der Waals surface area contributed by atoms with Crippen molar-refractivity contribution in [1.29, 1.82) is 0 Å². The SMILES string of the molecule is COc1cccc(-c2nc3cc(OC)c(OC)cc3cc2CN(C[C@@H]2CCCO2)C(=O)c2cc(C)c(C)[nH]c2=O)c1. The van der Waals surface area contributed by atoms with Gasteiger partial charge in [-0.15, -0.1) is 0 Å². The summed E-state index contributed by atoms with van der Waals surface area (Å²) in [6.45, 7) is 4.93. The van der Waals surface area contributed by atoms with Crippen LogP contribution in [-0.4, -0.2) is 61.4 Å². The van der Waals surface area contributed by atoms with Crippen molar-refractivity contribution in [2.75, 3.05) is 34.5 Å². The van der Waals surface area contributed by atoms with E-state index in [0.717, 1.165) is 40.6 Å². The first kappa shape index (κ1) is 28.2. The highest BCUT2D eigenvalue weighted by Crippen LogP contribution is 2.35. The van der Waals surface area contributed by atoms with Gasteiger partial charge in [0.05, 0.1) is 38.6 Å². The molecule has 1 atom stereocenters. The van der Waals surface area contributed by atoms with E-state index in [0.29, 0.717) is 41.6 Å². The van der Waals surface area contributed by atoms with E-state index in [1.807, 2.05) is 56.3 Å². The fraction of sp³-hybridized carbons (Fsp3) is 0.344. The Balaban J connectivity index is 1.65. The molecule has 1 aliphatic rings. The number of rotatable bonds is 9. The molecule has 0 bridgehead atoms. The maximum absolute atomic E-state index is 14.0. The molecule has 1 fully saturated rings. The van der Waals surface area contributed by atoms with Gasteiger partial charge < -0.3 is 28.8 Å². The molecule has 2 aromatic heterocycles. The second kappa shape index (κ2) is 12.0. The third-order valence-electron chi connectivity index (χ3n) is 7.57. The largest absolute Gasteiger partial charge is 0.497 e. The number of amides is 1. The minimum Gasteiger partial charge on any atom is -0.497 e. The van der Waals surface area contributed by atoms with Crippen molar-refractivity contribution in [2.24, 2.45) is 0 Å². The van der Waals surface area contributed by atoms with Crippen LogP contribution < -0.4 is 19.8 Å². The number of carbonyl (C=O) groups excluding carboxylic acids is 1. The zero-order valence-corrected chi connectivity index (χ0v) is 24.1. The molecule has 1 saturated heterocycles. The van der Waals surface area contributed by atoms with Gasteiger partial charge in [0, 0.05) is 42.4 Å². The standard InChI is InChI=1S/C32H35N3O6/c1-19-12-26(31(36)33-20(19)2)32(37)35(18-25-10-7-11-41-25)17-23-13-22-15-28(39-4)29(40-5)16-27(22)34-30(23)21-8-6-9-24(14-21)38-3/h6,8-9,12-16,25H,7,10-11,17-18H2,1-5H3,(H,33,36)/t25-/m0/s1. The molecule has 1 aliphatic heterocycles. The van der Waals surface area contributed by atoms with Gasteiger partial charge in [0.15, 0.2) is 11.5 Å². The summed E-state index contributed by atoms with van der Waals surface area (Å²) in [4.78, 5) is 36.4. The lowest BCUT2D eigenvalue weighted by Gasteiger charge is -2.27. The third kappa shape index (κ3) is 5.90.